The van der Waals surface area contributed by atoms with Crippen LogP contribution in [0.1, 0.15) is 32.2 Å². The molecule has 0 bridgehead atoms. The normalized spacial score (nSPS) is 11.9. The maximum Gasteiger partial charge on any atom is 0.249 e. The van der Waals surface area contributed by atoms with Crippen molar-refractivity contribution in [2.75, 3.05) is 19.0 Å². The summed E-state index contributed by atoms with van der Waals surface area (Å²) >= 11 is 6.03. The molecule has 3 rings (SSSR count). The average molecular weight is 430 g/mol. The van der Waals surface area contributed by atoms with Crippen molar-refractivity contribution in [1.29, 1.82) is 0 Å². The van der Waals surface area contributed by atoms with Crippen LogP contribution in [0.5, 0.6) is 5.75 Å². The first-order valence-electron chi connectivity index (χ1n) is 9.58. The SMILES string of the molecule is COc1ccc(Cl)cc1NCCC(=O)NC(c1nc(-c2ccncc2)no1)C(C)C. The van der Waals surface area contributed by atoms with Crippen LogP contribution in [0, 0.1) is 5.92 Å². The first kappa shape index (κ1) is 21.6. The van der Waals surface area contributed by atoms with E-state index in [1.807, 2.05) is 13.8 Å². The molecule has 9 heteroatoms. The molecule has 2 aromatic heterocycles. The summed E-state index contributed by atoms with van der Waals surface area (Å²) < 4.78 is 10.7. The molecule has 8 nitrogen and oxygen atoms in total. The Balaban J connectivity index is 1.60. The molecule has 0 radical (unpaired) electrons. The van der Waals surface area contributed by atoms with Gasteiger partial charge >= 0.3 is 0 Å². The number of rotatable bonds is 9. The van der Waals surface area contributed by atoms with Crippen LogP contribution in [-0.2, 0) is 4.79 Å². The summed E-state index contributed by atoms with van der Waals surface area (Å²) in [6.07, 6.45) is 3.58. The van der Waals surface area contributed by atoms with E-state index in [1.165, 1.54) is 0 Å². The minimum absolute atomic E-state index is 0.0701. The molecular formula is C21H24ClN5O3. The van der Waals surface area contributed by atoms with Gasteiger partial charge in [-0.05, 0) is 36.2 Å². The number of benzene rings is 1. The Morgan fingerprint density at radius 1 is 1.23 bits per heavy atom. The van der Waals surface area contributed by atoms with Gasteiger partial charge in [-0.2, -0.15) is 4.98 Å². The number of hydrogen-bond donors (Lipinski definition) is 2. The van der Waals surface area contributed by atoms with Crippen molar-refractivity contribution in [1.82, 2.24) is 20.4 Å². The number of hydrogen-bond acceptors (Lipinski definition) is 7. The molecule has 2 heterocycles. The second kappa shape index (κ2) is 10.1. The smallest absolute Gasteiger partial charge is 0.249 e. The Morgan fingerprint density at radius 2 is 2.00 bits per heavy atom. The van der Waals surface area contributed by atoms with Crippen LogP contribution in [0.25, 0.3) is 11.4 Å². The molecule has 30 heavy (non-hydrogen) atoms. The zero-order valence-electron chi connectivity index (χ0n) is 17.1. The van der Waals surface area contributed by atoms with Crippen molar-refractivity contribution in [2.45, 2.75) is 26.3 Å². The van der Waals surface area contributed by atoms with E-state index in [0.717, 1.165) is 11.3 Å². The molecule has 2 N–H and O–H groups in total. The van der Waals surface area contributed by atoms with Crippen molar-refractivity contribution in [3.63, 3.8) is 0 Å². The third kappa shape index (κ3) is 5.48. The number of carbonyl (C=O) groups is 1. The van der Waals surface area contributed by atoms with E-state index in [1.54, 1.807) is 49.8 Å². The Hall–Kier alpha value is -3.13. The predicted molar refractivity (Wildman–Crippen MR) is 114 cm³/mol. The van der Waals surface area contributed by atoms with Crippen LogP contribution < -0.4 is 15.4 Å². The number of anilines is 1. The number of carbonyl (C=O) groups excluding carboxylic acids is 1. The number of aromatic nitrogens is 3. The average Bonchev–Trinajstić information content (AvgIpc) is 3.22. The molecule has 0 fully saturated rings. The molecule has 1 atom stereocenters. The van der Waals surface area contributed by atoms with Gasteiger partial charge in [0, 0.05) is 35.9 Å². The lowest BCUT2D eigenvalue weighted by Crippen LogP contribution is -2.33. The van der Waals surface area contributed by atoms with Crippen molar-refractivity contribution >= 4 is 23.2 Å². The number of halogens is 1. The fourth-order valence-electron chi connectivity index (χ4n) is 2.87. The summed E-state index contributed by atoms with van der Waals surface area (Å²) in [5.74, 6) is 1.43. The zero-order valence-corrected chi connectivity index (χ0v) is 17.8. The molecule has 1 unspecified atom stereocenters. The second-order valence-electron chi connectivity index (χ2n) is 7.00. The van der Waals surface area contributed by atoms with E-state index < -0.39 is 0 Å². The van der Waals surface area contributed by atoms with Crippen LogP contribution in [0.15, 0.2) is 47.2 Å². The van der Waals surface area contributed by atoms with Crippen LogP contribution >= 0.6 is 11.6 Å². The monoisotopic (exact) mass is 429 g/mol. The first-order chi connectivity index (χ1) is 14.5. The van der Waals surface area contributed by atoms with Crippen molar-refractivity contribution in [3.05, 3.63) is 53.6 Å². The lowest BCUT2D eigenvalue weighted by atomic mass is 10.0. The molecule has 3 aromatic rings. The molecule has 0 aliphatic heterocycles. The third-order valence-corrected chi connectivity index (χ3v) is 4.69. The lowest BCUT2D eigenvalue weighted by Gasteiger charge is -2.19. The minimum Gasteiger partial charge on any atom is -0.495 e. The molecule has 0 saturated heterocycles. The van der Waals surface area contributed by atoms with Gasteiger partial charge in [-0.25, -0.2) is 0 Å². The summed E-state index contributed by atoms with van der Waals surface area (Å²) in [5.41, 5.74) is 1.53. The summed E-state index contributed by atoms with van der Waals surface area (Å²) in [7, 11) is 1.58. The van der Waals surface area contributed by atoms with Crippen LogP contribution in [0.3, 0.4) is 0 Å². The van der Waals surface area contributed by atoms with E-state index in [9.17, 15) is 4.79 Å². The quantitative estimate of drug-likeness (QED) is 0.527. The van der Waals surface area contributed by atoms with Gasteiger partial charge in [0.2, 0.25) is 17.6 Å². The third-order valence-electron chi connectivity index (χ3n) is 4.46. The van der Waals surface area contributed by atoms with Gasteiger partial charge in [0.1, 0.15) is 11.8 Å². The fraction of sp³-hybridized carbons (Fsp3) is 0.333. The summed E-state index contributed by atoms with van der Waals surface area (Å²) in [6.45, 7) is 4.38. The molecule has 0 aliphatic rings. The molecule has 1 amide bonds. The standard InChI is InChI=1S/C21H24ClN5O3/c1-13(2)19(21-26-20(27-30-21)14-6-9-23-10-7-14)25-18(28)8-11-24-16-12-15(22)4-5-17(16)29-3/h4-7,9-10,12-13,19,24H,8,11H2,1-3H3,(H,25,28). The fourth-order valence-corrected chi connectivity index (χ4v) is 3.04. The lowest BCUT2D eigenvalue weighted by molar-refractivity contribution is -0.122. The largest absolute Gasteiger partial charge is 0.495 e. The van der Waals surface area contributed by atoms with E-state index in [-0.39, 0.29) is 24.3 Å². The number of methoxy groups -OCH3 is 1. The highest BCUT2D eigenvalue weighted by atomic mass is 35.5. The number of nitrogens with one attached hydrogen (secondary N) is 2. The molecule has 158 valence electrons. The van der Waals surface area contributed by atoms with Gasteiger partial charge < -0.3 is 19.9 Å². The number of amides is 1. The highest BCUT2D eigenvalue weighted by Crippen LogP contribution is 2.27. The van der Waals surface area contributed by atoms with Gasteiger partial charge in [-0.1, -0.05) is 30.6 Å². The van der Waals surface area contributed by atoms with Crippen molar-refractivity contribution in [3.8, 4) is 17.1 Å². The van der Waals surface area contributed by atoms with Crippen molar-refractivity contribution < 1.29 is 14.1 Å². The van der Waals surface area contributed by atoms with Gasteiger partial charge in [-0.3, -0.25) is 9.78 Å². The maximum absolute atomic E-state index is 12.5. The highest BCUT2D eigenvalue weighted by Gasteiger charge is 2.24. The topological polar surface area (TPSA) is 102 Å². The molecule has 0 spiro atoms. The summed E-state index contributed by atoms with van der Waals surface area (Å²) in [4.78, 5) is 20.9. The van der Waals surface area contributed by atoms with Gasteiger partial charge in [0.15, 0.2) is 0 Å². The van der Waals surface area contributed by atoms with Gasteiger partial charge in [-0.15, -0.1) is 0 Å². The zero-order chi connectivity index (χ0) is 21.5. The molecule has 1 aromatic carbocycles. The highest BCUT2D eigenvalue weighted by molar-refractivity contribution is 6.30. The van der Waals surface area contributed by atoms with E-state index in [0.29, 0.717) is 29.0 Å². The Kier molecular flexibility index (Phi) is 7.24. The van der Waals surface area contributed by atoms with Gasteiger partial charge in [0.05, 0.1) is 12.8 Å². The predicted octanol–water partition coefficient (Wildman–Crippen LogP) is 4.11. The van der Waals surface area contributed by atoms with E-state index in [2.05, 4.69) is 25.8 Å². The molecular weight excluding hydrogens is 406 g/mol. The van der Waals surface area contributed by atoms with E-state index >= 15 is 0 Å². The van der Waals surface area contributed by atoms with Gasteiger partial charge in [0.25, 0.3) is 0 Å². The van der Waals surface area contributed by atoms with Crippen LogP contribution in [0.4, 0.5) is 5.69 Å². The van der Waals surface area contributed by atoms with E-state index in [4.69, 9.17) is 20.9 Å². The molecule has 0 saturated carbocycles. The number of nitrogens with zero attached hydrogens (tertiary/aromatic N) is 3. The Morgan fingerprint density at radius 3 is 2.70 bits per heavy atom. The Labute approximate surface area is 180 Å². The second-order valence-corrected chi connectivity index (χ2v) is 7.44. The maximum atomic E-state index is 12.5. The summed E-state index contributed by atoms with van der Waals surface area (Å²) in [6, 6.07) is 8.49. The first-order valence-corrected chi connectivity index (χ1v) is 9.96. The minimum atomic E-state index is -0.388. The molecule has 0 aliphatic carbocycles. The summed E-state index contributed by atoms with van der Waals surface area (Å²) in [5, 5.41) is 10.8. The number of pyridine rings is 1. The van der Waals surface area contributed by atoms with Crippen LogP contribution in [0.2, 0.25) is 5.02 Å². The van der Waals surface area contributed by atoms with Crippen molar-refractivity contribution in [2.24, 2.45) is 5.92 Å². The Bertz CT molecular complexity index is 978. The number of ether oxygens (including phenoxy) is 1. The van der Waals surface area contributed by atoms with Crippen LogP contribution in [-0.4, -0.2) is 34.7 Å².